The lowest BCUT2D eigenvalue weighted by Gasteiger charge is -2.18. The second-order valence-corrected chi connectivity index (χ2v) is 8.46. The number of alkyl halides is 1. The summed E-state index contributed by atoms with van der Waals surface area (Å²) in [6.45, 7) is 9.05. The third-order valence-corrected chi connectivity index (χ3v) is 5.14. The lowest BCUT2D eigenvalue weighted by atomic mass is 10.0. The van der Waals surface area contributed by atoms with Gasteiger partial charge in [-0.1, -0.05) is 113 Å². The Hall–Kier alpha value is -0.550. The van der Waals surface area contributed by atoms with Crippen molar-refractivity contribution >= 4 is 22.0 Å². The first-order chi connectivity index (χ1) is 13.6. The van der Waals surface area contributed by atoms with Crippen LogP contribution >= 0.6 is 15.9 Å². The van der Waals surface area contributed by atoms with E-state index in [0.29, 0.717) is 24.1 Å². The first-order valence-corrected chi connectivity index (χ1v) is 12.5. The van der Waals surface area contributed by atoms with Crippen molar-refractivity contribution in [2.45, 2.75) is 110 Å². The Kier molecular flexibility index (Phi) is 20.8. The number of alkyl carbamates (subject to hydrolysis) is 1. The molecule has 0 spiro atoms. The van der Waals surface area contributed by atoms with Gasteiger partial charge in [-0.2, -0.15) is 0 Å². The van der Waals surface area contributed by atoms with Gasteiger partial charge >= 0.3 is 6.09 Å². The highest BCUT2D eigenvalue weighted by Crippen LogP contribution is 2.13. The molecule has 4 nitrogen and oxygen atoms in total. The normalized spacial score (nSPS) is 12.0. The maximum Gasteiger partial charge on any atom is 0.409 e. The number of nitrogens with one attached hydrogen (secondary N) is 1. The van der Waals surface area contributed by atoms with Crippen molar-refractivity contribution in [1.82, 2.24) is 5.32 Å². The van der Waals surface area contributed by atoms with Gasteiger partial charge in [-0.15, -0.1) is 0 Å². The van der Waals surface area contributed by atoms with E-state index in [1.165, 1.54) is 77.0 Å². The van der Waals surface area contributed by atoms with E-state index in [1.54, 1.807) is 0 Å². The zero-order valence-electron chi connectivity index (χ0n) is 18.4. The molecule has 0 aliphatic heterocycles. The molecular formula is C23H44BrNO3. The number of hydrogen-bond donors (Lipinski definition) is 1. The van der Waals surface area contributed by atoms with Crippen molar-refractivity contribution in [3.05, 3.63) is 12.2 Å². The van der Waals surface area contributed by atoms with Crippen LogP contribution in [0, 0.1) is 0 Å². The maximum atomic E-state index is 11.6. The second kappa shape index (κ2) is 21.2. The number of hydrogen-bond acceptors (Lipinski definition) is 3. The van der Waals surface area contributed by atoms with E-state index in [-0.39, 0.29) is 0 Å². The molecule has 1 N–H and O–H groups in total. The minimum absolute atomic E-state index is 0.464. The maximum absolute atomic E-state index is 11.6. The molecule has 1 unspecified atom stereocenters. The van der Waals surface area contributed by atoms with Gasteiger partial charge in [-0.3, -0.25) is 0 Å². The van der Waals surface area contributed by atoms with Crippen molar-refractivity contribution < 1.29 is 14.3 Å². The van der Waals surface area contributed by atoms with Crippen LogP contribution < -0.4 is 5.32 Å². The Morgan fingerprint density at radius 2 is 1.36 bits per heavy atom. The van der Waals surface area contributed by atoms with Gasteiger partial charge in [0.2, 0.25) is 6.29 Å². The zero-order chi connectivity index (χ0) is 20.9. The van der Waals surface area contributed by atoms with Crippen LogP contribution in [0.1, 0.15) is 104 Å². The number of carbonyl (C=O) groups is 1. The summed E-state index contributed by atoms with van der Waals surface area (Å²) in [6, 6.07) is 0. The van der Waals surface area contributed by atoms with Crippen LogP contribution in [0.3, 0.4) is 0 Å². The Bertz CT molecular complexity index is 377. The van der Waals surface area contributed by atoms with E-state index in [4.69, 9.17) is 9.47 Å². The lowest BCUT2D eigenvalue weighted by Crippen LogP contribution is -2.32. The fourth-order valence-corrected chi connectivity index (χ4v) is 3.25. The minimum atomic E-state index is -0.655. The first kappa shape index (κ1) is 27.5. The van der Waals surface area contributed by atoms with Crippen LogP contribution in [0.25, 0.3) is 0 Å². The third-order valence-electron chi connectivity index (χ3n) is 4.75. The largest absolute Gasteiger partial charge is 0.416 e. The topological polar surface area (TPSA) is 47.6 Å². The molecule has 0 saturated heterocycles. The summed E-state index contributed by atoms with van der Waals surface area (Å²) < 4.78 is 10.9. The molecule has 1 atom stereocenters. The molecule has 0 radical (unpaired) electrons. The van der Waals surface area contributed by atoms with Gasteiger partial charge in [0.05, 0.1) is 6.61 Å². The highest BCUT2D eigenvalue weighted by Gasteiger charge is 2.15. The summed E-state index contributed by atoms with van der Waals surface area (Å²) >= 11 is 3.26. The van der Waals surface area contributed by atoms with Gasteiger partial charge < -0.3 is 14.8 Å². The molecule has 5 heteroatoms. The number of ether oxygens (including phenoxy) is 2. The summed E-state index contributed by atoms with van der Waals surface area (Å²) in [5.74, 6) is 0. The predicted molar refractivity (Wildman–Crippen MR) is 123 cm³/mol. The van der Waals surface area contributed by atoms with Crippen LogP contribution in [0.2, 0.25) is 0 Å². The van der Waals surface area contributed by atoms with E-state index in [0.717, 1.165) is 12.8 Å². The average molecular weight is 463 g/mol. The van der Waals surface area contributed by atoms with Gasteiger partial charge in [0.25, 0.3) is 0 Å². The molecule has 0 saturated carbocycles. The number of carbonyl (C=O) groups excluding carboxylic acids is 1. The van der Waals surface area contributed by atoms with E-state index in [9.17, 15) is 4.79 Å². The third kappa shape index (κ3) is 18.8. The van der Waals surface area contributed by atoms with Gasteiger partial charge in [-0.25, -0.2) is 4.79 Å². The molecule has 0 bridgehead atoms. The van der Waals surface area contributed by atoms with E-state index in [1.807, 2.05) is 6.92 Å². The quantitative estimate of drug-likeness (QED) is 0.0881. The Morgan fingerprint density at radius 3 is 1.79 bits per heavy atom. The predicted octanol–water partition coefficient (Wildman–Crippen LogP) is 7.51. The van der Waals surface area contributed by atoms with Crippen molar-refractivity contribution in [3.63, 3.8) is 0 Å². The molecule has 1 amide bonds. The van der Waals surface area contributed by atoms with Gasteiger partial charge in [0, 0.05) is 11.9 Å². The Labute approximate surface area is 182 Å². The van der Waals surface area contributed by atoms with Crippen LogP contribution in [0.15, 0.2) is 12.2 Å². The summed E-state index contributed by atoms with van der Waals surface area (Å²) in [4.78, 5) is 11.6. The molecular weight excluding hydrogens is 418 g/mol. The molecule has 0 aromatic rings. The molecule has 166 valence electrons. The molecule has 0 aliphatic carbocycles. The van der Waals surface area contributed by atoms with E-state index < -0.39 is 12.4 Å². The van der Waals surface area contributed by atoms with Gasteiger partial charge in [-0.05, 0) is 18.9 Å². The summed E-state index contributed by atoms with van der Waals surface area (Å²) in [5, 5.41) is 3.34. The highest BCUT2D eigenvalue weighted by molar-refractivity contribution is 9.09. The molecule has 0 aliphatic rings. The Balaban J connectivity index is 3.44. The SMILES string of the molecule is C=C(C)C(OCCCCCCCCCCCCCCCC)OC(=O)NCCBr. The number of unbranched alkanes of at least 4 members (excludes halogenated alkanes) is 13. The minimum Gasteiger partial charge on any atom is -0.416 e. The fourth-order valence-electron chi connectivity index (χ4n) is 3.05. The molecule has 28 heavy (non-hydrogen) atoms. The number of halogens is 1. The molecule has 0 heterocycles. The summed E-state index contributed by atoms with van der Waals surface area (Å²) in [5.41, 5.74) is 0.708. The van der Waals surface area contributed by atoms with Crippen LogP contribution in [-0.2, 0) is 9.47 Å². The van der Waals surface area contributed by atoms with Crippen LogP contribution in [0.5, 0.6) is 0 Å². The molecule has 0 rings (SSSR count). The smallest absolute Gasteiger partial charge is 0.409 e. The molecule has 0 fully saturated rings. The molecule has 0 aromatic carbocycles. The Morgan fingerprint density at radius 1 is 0.893 bits per heavy atom. The fraction of sp³-hybridized carbons (Fsp3) is 0.870. The van der Waals surface area contributed by atoms with Gasteiger partial charge in [0.15, 0.2) is 0 Å². The van der Waals surface area contributed by atoms with E-state index in [2.05, 4.69) is 34.7 Å². The molecule has 0 aromatic heterocycles. The highest BCUT2D eigenvalue weighted by atomic mass is 79.9. The zero-order valence-corrected chi connectivity index (χ0v) is 20.0. The summed E-state index contributed by atoms with van der Waals surface area (Å²) in [7, 11) is 0. The van der Waals surface area contributed by atoms with E-state index >= 15 is 0 Å². The lowest BCUT2D eigenvalue weighted by molar-refractivity contribution is -0.0796. The van der Waals surface area contributed by atoms with Gasteiger partial charge in [0.1, 0.15) is 0 Å². The second-order valence-electron chi connectivity index (χ2n) is 7.67. The van der Waals surface area contributed by atoms with Crippen molar-refractivity contribution in [3.8, 4) is 0 Å². The van der Waals surface area contributed by atoms with Crippen molar-refractivity contribution in [2.75, 3.05) is 18.5 Å². The van der Waals surface area contributed by atoms with Crippen LogP contribution in [0.4, 0.5) is 4.79 Å². The monoisotopic (exact) mass is 461 g/mol. The first-order valence-electron chi connectivity index (χ1n) is 11.4. The summed E-state index contributed by atoms with van der Waals surface area (Å²) in [6.07, 6.45) is 17.6. The number of amides is 1. The standard InChI is InChI=1S/C23H44BrNO3/c1-4-5-6-7-8-9-10-11-12-13-14-15-16-17-20-27-22(21(2)3)28-23(26)25-19-18-24/h22H,2,4-20H2,1,3H3,(H,25,26). The van der Waals surface area contributed by atoms with Crippen molar-refractivity contribution in [2.24, 2.45) is 0 Å². The average Bonchev–Trinajstić information content (AvgIpc) is 2.68. The van der Waals surface area contributed by atoms with Crippen LogP contribution in [-0.4, -0.2) is 30.9 Å². The number of rotatable bonds is 20. The van der Waals surface area contributed by atoms with Crippen molar-refractivity contribution in [1.29, 1.82) is 0 Å².